The van der Waals surface area contributed by atoms with E-state index < -0.39 is 5.37 Å². The van der Waals surface area contributed by atoms with Crippen molar-refractivity contribution in [3.63, 3.8) is 0 Å². The third-order valence-corrected chi connectivity index (χ3v) is 2.43. The van der Waals surface area contributed by atoms with Gasteiger partial charge in [-0.05, 0) is 18.0 Å². The van der Waals surface area contributed by atoms with Crippen molar-refractivity contribution in [2.45, 2.75) is 58.3 Å². The van der Waals surface area contributed by atoms with E-state index in [9.17, 15) is 4.79 Å². The van der Waals surface area contributed by atoms with Gasteiger partial charge in [0.25, 0.3) is 0 Å². The molecule has 0 fully saturated rings. The molecule has 14 heavy (non-hydrogen) atoms. The quantitative estimate of drug-likeness (QED) is 0.354. The first-order valence-electron chi connectivity index (χ1n) is 5.70. The molecular weight excluding hydrogens is 198 g/mol. The van der Waals surface area contributed by atoms with Crippen molar-refractivity contribution >= 4 is 17.0 Å². The minimum Gasteiger partial charge on any atom is -0.343 e. The number of carbonyl (C=O) groups excluding carboxylic acids is 1. The monoisotopic (exact) mass is 219 g/mol. The van der Waals surface area contributed by atoms with Crippen molar-refractivity contribution in [3.05, 3.63) is 0 Å². The molecule has 0 atom stereocenters. The Labute approximate surface area is 92.4 Å². The van der Waals surface area contributed by atoms with Gasteiger partial charge in [0, 0.05) is 6.54 Å². The van der Waals surface area contributed by atoms with Gasteiger partial charge in [0.2, 0.25) is 0 Å². The Morgan fingerprint density at radius 3 is 2.00 bits per heavy atom. The smallest absolute Gasteiger partial charge is 0.313 e. The molecule has 0 bridgehead atoms. The van der Waals surface area contributed by atoms with Crippen molar-refractivity contribution in [2.75, 3.05) is 6.54 Å². The number of amides is 1. The Morgan fingerprint density at radius 2 is 1.50 bits per heavy atom. The summed E-state index contributed by atoms with van der Waals surface area (Å²) in [4.78, 5) is 10.3. The Balaban J connectivity index is 2.88. The number of hydrogen-bond donors (Lipinski definition) is 1. The van der Waals surface area contributed by atoms with E-state index in [0.717, 1.165) is 13.0 Å². The normalized spacial score (nSPS) is 10.1. The second kappa shape index (κ2) is 10.8. The summed E-state index contributed by atoms with van der Waals surface area (Å²) in [6.45, 7) is 2.95. The summed E-state index contributed by atoms with van der Waals surface area (Å²) < 4.78 is 0. The fourth-order valence-corrected chi connectivity index (χ4v) is 1.54. The summed E-state index contributed by atoms with van der Waals surface area (Å²) in [5, 5.41) is 2.15. The average Bonchev–Trinajstić information content (AvgIpc) is 2.15. The van der Waals surface area contributed by atoms with Crippen molar-refractivity contribution in [3.8, 4) is 0 Å². The maximum Gasteiger partial charge on any atom is 0.313 e. The van der Waals surface area contributed by atoms with Crippen LogP contribution in [0.15, 0.2) is 0 Å². The van der Waals surface area contributed by atoms with Gasteiger partial charge in [-0.2, -0.15) is 0 Å². The van der Waals surface area contributed by atoms with Gasteiger partial charge in [0.05, 0.1) is 0 Å². The molecule has 84 valence electrons. The van der Waals surface area contributed by atoms with Gasteiger partial charge in [-0.25, -0.2) is 0 Å². The molecule has 1 N–H and O–H groups in total. The van der Waals surface area contributed by atoms with Gasteiger partial charge in [-0.1, -0.05) is 51.9 Å². The zero-order valence-corrected chi connectivity index (χ0v) is 9.91. The molecule has 0 aromatic heterocycles. The Kier molecular flexibility index (Phi) is 10.7. The molecule has 1 amide bonds. The standard InChI is InChI=1S/C11H22ClNO/c1-2-3-4-5-6-7-8-9-10-13-11(12)14/h2-10H2,1H3,(H,13,14). The molecule has 0 aliphatic rings. The molecule has 0 aromatic rings. The maximum atomic E-state index is 10.3. The van der Waals surface area contributed by atoms with E-state index in [1.165, 1.54) is 44.9 Å². The second-order valence-corrected chi connectivity index (χ2v) is 4.02. The van der Waals surface area contributed by atoms with E-state index in [4.69, 9.17) is 11.6 Å². The van der Waals surface area contributed by atoms with Crippen LogP contribution in [0.25, 0.3) is 0 Å². The van der Waals surface area contributed by atoms with Gasteiger partial charge < -0.3 is 5.32 Å². The van der Waals surface area contributed by atoms with E-state index in [0.29, 0.717) is 0 Å². The summed E-state index contributed by atoms with van der Waals surface area (Å²) >= 11 is 5.13. The van der Waals surface area contributed by atoms with Crippen LogP contribution in [-0.4, -0.2) is 11.9 Å². The largest absolute Gasteiger partial charge is 0.343 e. The molecule has 0 unspecified atom stereocenters. The van der Waals surface area contributed by atoms with Gasteiger partial charge in [-0.15, -0.1) is 0 Å². The van der Waals surface area contributed by atoms with Crippen LogP contribution < -0.4 is 5.32 Å². The molecule has 0 heterocycles. The number of rotatable bonds is 9. The first kappa shape index (κ1) is 13.8. The highest BCUT2D eigenvalue weighted by atomic mass is 35.5. The number of carbonyl (C=O) groups is 1. The van der Waals surface area contributed by atoms with Gasteiger partial charge in [0.15, 0.2) is 0 Å². The van der Waals surface area contributed by atoms with Crippen LogP contribution in [0.2, 0.25) is 0 Å². The van der Waals surface area contributed by atoms with Crippen LogP contribution in [0.4, 0.5) is 4.79 Å². The van der Waals surface area contributed by atoms with E-state index in [1.54, 1.807) is 0 Å². The van der Waals surface area contributed by atoms with Crippen LogP contribution in [0.3, 0.4) is 0 Å². The summed E-state index contributed by atoms with van der Waals surface area (Å²) in [6, 6.07) is 0. The molecule has 0 saturated carbocycles. The Hall–Kier alpha value is -0.240. The lowest BCUT2D eigenvalue weighted by atomic mass is 10.1. The number of nitrogens with one attached hydrogen (secondary N) is 1. The first-order chi connectivity index (χ1) is 6.77. The molecule has 0 aromatic carbocycles. The van der Waals surface area contributed by atoms with Crippen molar-refractivity contribution in [1.29, 1.82) is 0 Å². The lowest BCUT2D eigenvalue weighted by Crippen LogP contribution is -2.17. The second-order valence-electron chi connectivity index (χ2n) is 3.68. The highest BCUT2D eigenvalue weighted by molar-refractivity contribution is 6.62. The molecule has 2 nitrogen and oxygen atoms in total. The lowest BCUT2D eigenvalue weighted by Gasteiger charge is -2.01. The van der Waals surface area contributed by atoms with Crippen molar-refractivity contribution < 1.29 is 4.79 Å². The van der Waals surface area contributed by atoms with E-state index in [2.05, 4.69) is 12.2 Å². The topological polar surface area (TPSA) is 29.1 Å². The van der Waals surface area contributed by atoms with Crippen LogP contribution in [0.5, 0.6) is 0 Å². The summed E-state index contributed by atoms with van der Waals surface area (Å²) in [5.74, 6) is 0. The van der Waals surface area contributed by atoms with E-state index in [1.807, 2.05) is 0 Å². The highest BCUT2D eigenvalue weighted by Gasteiger charge is 1.93. The fourth-order valence-electron chi connectivity index (χ4n) is 1.45. The van der Waals surface area contributed by atoms with E-state index in [-0.39, 0.29) is 0 Å². The predicted molar refractivity (Wildman–Crippen MR) is 61.9 cm³/mol. The fraction of sp³-hybridized carbons (Fsp3) is 0.909. The predicted octanol–water partition coefficient (Wildman–Crippen LogP) is 4.08. The maximum absolute atomic E-state index is 10.3. The SMILES string of the molecule is CCCCCCCCCCNC(=O)Cl. The van der Waals surface area contributed by atoms with Crippen LogP contribution in [0.1, 0.15) is 58.3 Å². The van der Waals surface area contributed by atoms with Crippen LogP contribution in [-0.2, 0) is 0 Å². The molecule has 0 radical (unpaired) electrons. The van der Waals surface area contributed by atoms with Crippen LogP contribution in [0, 0.1) is 0 Å². The minimum atomic E-state index is -0.437. The van der Waals surface area contributed by atoms with Crippen molar-refractivity contribution in [1.82, 2.24) is 5.32 Å². The Morgan fingerprint density at radius 1 is 1.00 bits per heavy atom. The average molecular weight is 220 g/mol. The Bertz CT molecular complexity index is 139. The summed E-state index contributed by atoms with van der Waals surface area (Å²) in [6.07, 6.45) is 10.3. The molecular formula is C11H22ClNO. The molecule has 0 aliphatic heterocycles. The number of hydrogen-bond acceptors (Lipinski definition) is 1. The molecule has 0 rings (SSSR count). The highest BCUT2D eigenvalue weighted by Crippen LogP contribution is 2.07. The third-order valence-electron chi connectivity index (χ3n) is 2.29. The molecule has 3 heteroatoms. The summed E-state index contributed by atoms with van der Waals surface area (Å²) in [5.41, 5.74) is 0. The van der Waals surface area contributed by atoms with Crippen molar-refractivity contribution in [2.24, 2.45) is 0 Å². The summed E-state index contributed by atoms with van der Waals surface area (Å²) in [7, 11) is 0. The zero-order valence-electron chi connectivity index (χ0n) is 9.15. The first-order valence-corrected chi connectivity index (χ1v) is 6.08. The molecule has 0 saturated heterocycles. The zero-order chi connectivity index (χ0) is 10.6. The van der Waals surface area contributed by atoms with Gasteiger partial charge in [-0.3, -0.25) is 4.79 Å². The third kappa shape index (κ3) is 11.8. The van der Waals surface area contributed by atoms with Crippen LogP contribution >= 0.6 is 11.6 Å². The van der Waals surface area contributed by atoms with E-state index >= 15 is 0 Å². The molecule has 0 spiro atoms. The van der Waals surface area contributed by atoms with Gasteiger partial charge >= 0.3 is 5.37 Å². The van der Waals surface area contributed by atoms with Gasteiger partial charge in [0.1, 0.15) is 0 Å². The lowest BCUT2D eigenvalue weighted by molar-refractivity contribution is 0.259. The number of unbranched alkanes of at least 4 members (excludes halogenated alkanes) is 7. The minimum absolute atomic E-state index is 0.437. The molecule has 0 aliphatic carbocycles. The number of halogens is 1.